The van der Waals surface area contributed by atoms with Crippen LogP contribution in [0.15, 0.2) is 53.4 Å². The molecule has 0 aromatic heterocycles. The van der Waals surface area contributed by atoms with E-state index in [1.54, 1.807) is 12.1 Å². The van der Waals surface area contributed by atoms with E-state index < -0.39 is 10.0 Å². The fourth-order valence-electron chi connectivity index (χ4n) is 2.62. The number of nitrogens with zero attached hydrogens (tertiary/aromatic N) is 1. The third kappa shape index (κ3) is 2.72. The van der Waals surface area contributed by atoms with Gasteiger partial charge in [-0.3, -0.25) is 0 Å². The summed E-state index contributed by atoms with van der Waals surface area (Å²) in [5, 5.41) is 0.511. The topological polar surface area (TPSA) is 46.6 Å². The van der Waals surface area contributed by atoms with Gasteiger partial charge in [0.15, 0.2) is 0 Å². The van der Waals surface area contributed by atoms with Gasteiger partial charge in [0.05, 0.1) is 10.9 Å². The molecule has 1 atom stereocenters. The summed E-state index contributed by atoms with van der Waals surface area (Å²) < 4.78 is 32.9. The molecular weight excluding hydrogens is 322 g/mol. The molecule has 22 heavy (non-hydrogen) atoms. The smallest absolute Gasteiger partial charge is 0.243 e. The van der Waals surface area contributed by atoms with Crippen molar-refractivity contribution in [2.24, 2.45) is 0 Å². The van der Waals surface area contributed by atoms with Gasteiger partial charge in [0.25, 0.3) is 0 Å². The fourth-order valence-corrected chi connectivity index (χ4v) is 4.34. The zero-order valence-corrected chi connectivity index (χ0v) is 13.6. The van der Waals surface area contributed by atoms with Crippen molar-refractivity contribution >= 4 is 21.6 Å². The molecule has 2 aromatic rings. The molecular formula is C16H16ClNO3S. The van der Waals surface area contributed by atoms with E-state index in [1.165, 1.54) is 16.4 Å². The van der Waals surface area contributed by atoms with Crippen LogP contribution in [0.5, 0.6) is 5.75 Å². The molecule has 0 radical (unpaired) electrons. The first-order valence-electron chi connectivity index (χ1n) is 6.99. The standard InChI is InChI=1S/C16H16ClNO3S/c1-12-15-4-2-3-5-16(15)21-11-10-18(12)22(19,20)14-8-6-13(17)7-9-14/h2-9,12H,10-11H2,1H3. The van der Waals surface area contributed by atoms with Crippen LogP contribution in [-0.4, -0.2) is 25.9 Å². The maximum Gasteiger partial charge on any atom is 0.243 e. The van der Waals surface area contributed by atoms with E-state index in [0.29, 0.717) is 18.2 Å². The maximum atomic E-state index is 12.9. The average molecular weight is 338 g/mol. The Labute approximate surface area is 135 Å². The van der Waals surface area contributed by atoms with Crippen molar-refractivity contribution in [2.45, 2.75) is 17.9 Å². The monoisotopic (exact) mass is 337 g/mol. The first-order chi connectivity index (χ1) is 10.5. The molecule has 0 bridgehead atoms. The lowest BCUT2D eigenvalue weighted by molar-refractivity contribution is 0.278. The summed E-state index contributed by atoms with van der Waals surface area (Å²) in [5.74, 6) is 0.740. The van der Waals surface area contributed by atoms with E-state index in [1.807, 2.05) is 31.2 Å². The van der Waals surface area contributed by atoms with E-state index in [-0.39, 0.29) is 10.9 Å². The highest BCUT2D eigenvalue weighted by Crippen LogP contribution is 2.34. The van der Waals surface area contributed by atoms with Crippen molar-refractivity contribution in [1.29, 1.82) is 0 Å². The highest BCUT2D eigenvalue weighted by atomic mass is 35.5. The van der Waals surface area contributed by atoms with Crippen LogP contribution in [-0.2, 0) is 10.0 Å². The van der Waals surface area contributed by atoms with Gasteiger partial charge in [-0.1, -0.05) is 29.8 Å². The Morgan fingerprint density at radius 3 is 2.55 bits per heavy atom. The number of hydrogen-bond acceptors (Lipinski definition) is 3. The number of para-hydroxylation sites is 1. The van der Waals surface area contributed by atoms with E-state index in [4.69, 9.17) is 16.3 Å². The second kappa shape index (κ2) is 5.91. The summed E-state index contributed by atoms with van der Waals surface area (Å²) in [6, 6.07) is 13.5. The predicted octanol–water partition coefficient (Wildman–Crippen LogP) is 3.48. The van der Waals surface area contributed by atoms with Crippen LogP contribution in [0.2, 0.25) is 5.02 Å². The van der Waals surface area contributed by atoms with Crippen LogP contribution in [0.4, 0.5) is 0 Å². The minimum atomic E-state index is -3.60. The fraction of sp³-hybridized carbons (Fsp3) is 0.250. The summed E-state index contributed by atoms with van der Waals surface area (Å²) >= 11 is 5.84. The first-order valence-corrected chi connectivity index (χ1v) is 8.81. The Bertz CT molecular complexity index is 774. The molecule has 4 nitrogen and oxygen atoms in total. The lowest BCUT2D eigenvalue weighted by Gasteiger charge is -2.26. The number of fused-ring (bicyclic) bond motifs is 1. The zero-order chi connectivity index (χ0) is 15.7. The van der Waals surface area contributed by atoms with Crippen molar-refractivity contribution in [3.05, 3.63) is 59.1 Å². The summed E-state index contributed by atoms with van der Waals surface area (Å²) in [4.78, 5) is 0.239. The van der Waals surface area contributed by atoms with Gasteiger partial charge in [-0.15, -0.1) is 0 Å². The van der Waals surface area contributed by atoms with Crippen LogP contribution in [0.25, 0.3) is 0 Å². The van der Waals surface area contributed by atoms with Gasteiger partial charge in [0.2, 0.25) is 10.0 Å². The van der Waals surface area contributed by atoms with E-state index in [0.717, 1.165) is 11.3 Å². The Morgan fingerprint density at radius 2 is 1.82 bits per heavy atom. The van der Waals surface area contributed by atoms with Gasteiger partial charge < -0.3 is 4.74 Å². The van der Waals surface area contributed by atoms with Gasteiger partial charge in [-0.05, 0) is 37.3 Å². The summed E-state index contributed by atoms with van der Waals surface area (Å²) in [6.45, 7) is 2.51. The number of halogens is 1. The molecule has 0 saturated heterocycles. The summed E-state index contributed by atoms with van der Waals surface area (Å²) in [6.07, 6.45) is 0. The SMILES string of the molecule is CC1c2ccccc2OCCN1S(=O)(=O)c1ccc(Cl)cc1. The van der Waals surface area contributed by atoms with Crippen molar-refractivity contribution < 1.29 is 13.2 Å². The molecule has 1 aliphatic rings. The summed E-state index contributed by atoms with van der Waals surface area (Å²) in [5.41, 5.74) is 0.873. The van der Waals surface area contributed by atoms with Crippen LogP contribution in [0.3, 0.4) is 0 Å². The highest BCUT2D eigenvalue weighted by Gasteiger charge is 2.33. The number of rotatable bonds is 2. The van der Waals surface area contributed by atoms with Crippen LogP contribution in [0, 0.1) is 0 Å². The average Bonchev–Trinajstić information content (AvgIpc) is 2.68. The third-order valence-corrected chi connectivity index (χ3v) is 6.03. The van der Waals surface area contributed by atoms with Crippen molar-refractivity contribution in [3.63, 3.8) is 0 Å². The van der Waals surface area contributed by atoms with Gasteiger partial charge in [-0.25, -0.2) is 8.42 Å². The third-order valence-electron chi connectivity index (χ3n) is 3.79. The molecule has 0 spiro atoms. The molecule has 0 fully saturated rings. The quantitative estimate of drug-likeness (QED) is 0.842. The summed E-state index contributed by atoms with van der Waals surface area (Å²) in [7, 11) is -3.60. The lowest BCUT2D eigenvalue weighted by Crippen LogP contribution is -2.35. The second-order valence-electron chi connectivity index (χ2n) is 5.13. The molecule has 6 heteroatoms. The highest BCUT2D eigenvalue weighted by molar-refractivity contribution is 7.89. The molecule has 116 valence electrons. The predicted molar refractivity (Wildman–Crippen MR) is 85.7 cm³/mol. The normalized spacial score (nSPS) is 19.1. The molecule has 0 saturated carbocycles. The van der Waals surface area contributed by atoms with Gasteiger partial charge in [0.1, 0.15) is 12.4 Å². The maximum absolute atomic E-state index is 12.9. The number of sulfonamides is 1. The van der Waals surface area contributed by atoms with Crippen molar-refractivity contribution in [1.82, 2.24) is 4.31 Å². The number of hydrogen-bond donors (Lipinski definition) is 0. The van der Waals surface area contributed by atoms with Crippen LogP contribution >= 0.6 is 11.6 Å². The molecule has 1 aliphatic heterocycles. The Morgan fingerprint density at radius 1 is 1.14 bits per heavy atom. The van der Waals surface area contributed by atoms with Crippen LogP contribution < -0.4 is 4.74 Å². The Balaban J connectivity index is 2.02. The van der Waals surface area contributed by atoms with Crippen LogP contribution in [0.1, 0.15) is 18.5 Å². The van der Waals surface area contributed by atoms with Crippen molar-refractivity contribution in [3.8, 4) is 5.75 Å². The molecule has 2 aromatic carbocycles. The molecule has 0 aliphatic carbocycles. The van der Waals surface area contributed by atoms with Gasteiger partial charge in [-0.2, -0.15) is 4.31 Å². The minimum Gasteiger partial charge on any atom is -0.492 e. The number of ether oxygens (including phenoxy) is 1. The van der Waals surface area contributed by atoms with E-state index in [9.17, 15) is 8.42 Å². The molecule has 0 amide bonds. The molecule has 0 N–H and O–H groups in total. The molecule has 1 unspecified atom stereocenters. The minimum absolute atomic E-state index is 0.239. The Hall–Kier alpha value is -1.56. The van der Waals surface area contributed by atoms with Gasteiger partial charge in [0, 0.05) is 17.1 Å². The molecule has 3 rings (SSSR count). The largest absolute Gasteiger partial charge is 0.492 e. The van der Waals surface area contributed by atoms with Gasteiger partial charge >= 0.3 is 0 Å². The van der Waals surface area contributed by atoms with E-state index in [2.05, 4.69) is 0 Å². The number of benzene rings is 2. The van der Waals surface area contributed by atoms with Crippen molar-refractivity contribution in [2.75, 3.05) is 13.2 Å². The second-order valence-corrected chi connectivity index (χ2v) is 7.46. The van der Waals surface area contributed by atoms with E-state index >= 15 is 0 Å². The zero-order valence-electron chi connectivity index (χ0n) is 12.1. The molecule has 1 heterocycles. The Kier molecular flexibility index (Phi) is 4.12. The lowest BCUT2D eigenvalue weighted by atomic mass is 10.1. The first kappa shape index (κ1) is 15.3.